The molecule has 0 spiro atoms. The number of rotatable bonds is 4. The summed E-state index contributed by atoms with van der Waals surface area (Å²) in [6.45, 7) is 2.97. The highest BCUT2D eigenvalue weighted by Gasteiger charge is 2.25. The van der Waals surface area contributed by atoms with Crippen molar-refractivity contribution in [1.82, 2.24) is 15.1 Å². The monoisotopic (exact) mass is 383 g/mol. The van der Waals surface area contributed by atoms with E-state index in [0.717, 1.165) is 12.8 Å². The highest BCUT2D eigenvalue weighted by atomic mass is 35.5. The van der Waals surface area contributed by atoms with Crippen LogP contribution in [-0.2, 0) is 4.79 Å². The topological polar surface area (TPSA) is 52.7 Å². The Balaban J connectivity index is 1.47. The molecule has 136 valence electrons. The van der Waals surface area contributed by atoms with Crippen LogP contribution in [0.2, 0.25) is 10.0 Å². The van der Waals surface area contributed by atoms with Gasteiger partial charge in [-0.1, -0.05) is 36.0 Å². The fourth-order valence-electron chi connectivity index (χ4n) is 3.49. The van der Waals surface area contributed by atoms with Gasteiger partial charge in [-0.2, -0.15) is 0 Å². The van der Waals surface area contributed by atoms with Gasteiger partial charge in [0.05, 0.1) is 17.1 Å². The first-order valence-corrected chi connectivity index (χ1v) is 9.54. The highest BCUT2D eigenvalue weighted by molar-refractivity contribution is 6.36. The van der Waals surface area contributed by atoms with Gasteiger partial charge in [0, 0.05) is 37.2 Å². The van der Waals surface area contributed by atoms with Gasteiger partial charge in [0.2, 0.25) is 5.91 Å². The van der Waals surface area contributed by atoms with Crippen LogP contribution in [0.25, 0.3) is 0 Å². The maximum atomic E-state index is 12.6. The number of halogens is 2. The molecule has 25 heavy (non-hydrogen) atoms. The lowest BCUT2D eigenvalue weighted by Gasteiger charge is -2.34. The molecule has 0 unspecified atom stereocenters. The standard InChI is InChI=1S/C18H23Cl2N3O2/c19-13-5-6-15(16(20)11-13)18(25)23-9-7-22(8-10-23)12-17(24)21-14-3-1-2-4-14/h5-6,11,14H,1-4,7-10,12H2,(H,21,24). The number of nitrogens with zero attached hydrogens (tertiary/aromatic N) is 2. The summed E-state index contributed by atoms with van der Waals surface area (Å²) in [5, 5.41) is 3.99. The minimum absolute atomic E-state index is 0.0864. The summed E-state index contributed by atoms with van der Waals surface area (Å²) in [6.07, 6.45) is 4.60. The molecule has 2 fully saturated rings. The Morgan fingerprint density at radius 1 is 1.08 bits per heavy atom. The Morgan fingerprint density at radius 2 is 1.76 bits per heavy atom. The molecule has 0 aromatic heterocycles. The molecule has 0 bridgehead atoms. The van der Waals surface area contributed by atoms with Gasteiger partial charge in [-0.25, -0.2) is 0 Å². The summed E-state index contributed by atoms with van der Waals surface area (Å²) in [5.41, 5.74) is 0.471. The van der Waals surface area contributed by atoms with Crippen molar-refractivity contribution in [1.29, 1.82) is 0 Å². The van der Waals surface area contributed by atoms with Crippen LogP contribution in [0, 0.1) is 0 Å². The number of hydrogen-bond donors (Lipinski definition) is 1. The zero-order valence-corrected chi connectivity index (χ0v) is 15.7. The van der Waals surface area contributed by atoms with E-state index >= 15 is 0 Å². The van der Waals surface area contributed by atoms with Crippen LogP contribution in [0.15, 0.2) is 18.2 Å². The lowest BCUT2D eigenvalue weighted by Crippen LogP contribution is -2.51. The molecule has 0 radical (unpaired) electrons. The molecule has 1 aliphatic heterocycles. The molecule has 1 aromatic rings. The van der Waals surface area contributed by atoms with E-state index in [-0.39, 0.29) is 11.8 Å². The maximum Gasteiger partial charge on any atom is 0.255 e. The van der Waals surface area contributed by atoms with E-state index in [1.54, 1.807) is 23.1 Å². The van der Waals surface area contributed by atoms with Gasteiger partial charge in [-0.3, -0.25) is 14.5 Å². The predicted molar refractivity (Wildman–Crippen MR) is 99.2 cm³/mol. The third-order valence-corrected chi connectivity index (χ3v) is 5.46. The first kappa shape index (κ1) is 18.5. The van der Waals surface area contributed by atoms with Crippen molar-refractivity contribution in [2.45, 2.75) is 31.7 Å². The van der Waals surface area contributed by atoms with Crippen LogP contribution >= 0.6 is 23.2 Å². The zero-order valence-electron chi connectivity index (χ0n) is 14.1. The van der Waals surface area contributed by atoms with Crippen LogP contribution in [0.3, 0.4) is 0 Å². The summed E-state index contributed by atoms with van der Waals surface area (Å²) in [5.74, 6) is 0.00384. The van der Waals surface area contributed by atoms with E-state index in [1.165, 1.54) is 12.8 Å². The largest absolute Gasteiger partial charge is 0.352 e. The fourth-order valence-corrected chi connectivity index (χ4v) is 3.98. The minimum atomic E-state index is -0.0864. The Labute approximate surface area is 158 Å². The summed E-state index contributed by atoms with van der Waals surface area (Å²) in [7, 11) is 0. The molecule has 1 aliphatic carbocycles. The molecule has 5 nitrogen and oxygen atoms in total. The van der Waals surface area contributed by atoms with Gasteiger partial charge in [-0.15, -0.1) is 0 Å². The normalized spacial score (nSPS) is 19.2. The number of benzene rings is 1. The first-order chi connectivity index (χ1) is 12.0. The van der Waals surface area contributed by atoms with Gasteiger partial charge in [0.15, 0.2) is 0 Å². The van der Waals surface area contributed by atoms with E-state index in [4.69, 9.17) is 23.2 Å². The van der Waals surface area contributed by atoms with E-state index in [2.05, 4.69) is 10.2 Å². The van der Waals surface area contributed by atoms with Crippen molar-refractivity contribution in [2.75, 3.05) is 32.7 Å². The van der Waals surface area contributed by atoms with Crippen molar-refractivity contribution in [3.05, 3.63) is 33.8 Å². The lowest BCUT2D eigenvalue weighted by molar-refractivity contribution is -0.123. The molecule has 1 saturated carbocycles. The average molecular weight is 384 g/mol. The maximum absolute atomic E-state index is 12.6. The minimum Gasteiger partial charge on any atom is -0.352 e. The first-order valence-electron chi connectivity index (χ1n) is 8.79. The van der Waals surface area contributed by atoms with Crippen LogP contribution in [0.5, 0.6) is 0 Å². The molecule has 2 amide bonds. The summed E-state index contributed by atoms with van der Waals surface area (Å²) < 4.78 is 0. The van der Waals surface area contributed by atoms with Gasteiger partial charge in [0.1, 0.15) is 0 Å². The third kappa shape index (κ3) is 4.87. The molecule has 3 rings (SSSR count). The average Bonchev–Trinajstić information content (AvgIpc) is 3.08. The second-order valence-corrected chi connectivity index (χ2v) is 7.59. The van der Waals surface area contributed by atoms with E-state index in [0.29, 0.717) is 54.4 Å². The second-order valence-electron chi connectivity index (χ2n) is 6.74. The Bertz CT molecular complexity index is 639. The quantitative estimate of drug-likeness (QED) is 0.869. The van der Waals surface area contributed by atoms with E-state index in [9.17, 15) is 9.59 Å². The number of hydrogen-bond acceptors (Lipinski definition) is 3. The molecule has 1 aromatic carbocycles. The number of nitrogens with one attached hydrogen (secondary N) is 1. The van der Waals surface area contributed by atoms with Crippen LogP contribution in [0.4, 0.5) is 0 Å². The fraction of sp³-hybridized carbons (Fsp3) is 0.556. The predicted octanol–water partition coefficient (Wildman–Crippen LogP) is 2.81. The second kappa shape index (κ2) is 8.39. The smallest absolute Gasteiger partial charge is 0.255 e. The SMILES string of the molecule is O=C(CN1CCN(C(=O)c2ccc(Cl)cc2Cl)CC1)NC1CCCC1. The molecule has 2 aliphatic rings. The zero-order chi connectivity index (χ0) is 17.8. The lowest BCUT2D eigenvalue weighted by atomic mass is 10.1. The number of piperazine rings is 1. The van der Waals surface area contributed by atoms with E-state index in [1.807, 2.05) is 0 Å². The number of carbonyl (C=O) groups is 2. The molecular formula is C18H23Cl2N3O2. The Kier molecular flexibility index (Phi) is 6.20. The summed E-state index contributed by atoms with van der Waals surface area (Å²) in [6, 6.07) is 5.26. The van der Waals surface area contributed by atoms with Gasteiger partial charge in [0.25, 0.3) is 5.91 Å². The molecule has 0 atom stereocenters. The van der Waals surface area contributed by atoms with Crippen LogP contribution < -0.4 is 5.32 Å². The van der Waals surface area contributed by atoms with Crippen molar-refractivity contribution >= 4 is 35.0 Å². The van der Waals surface area contributed by atoms with Crippen molar-refractivity contribution in [2.24, 2.45) is 0 Å². The molecule has 7 heteroatoms. The van der Waals surface area contributed by atoms with E-state index < -0.39 is 0 Å². The highest BCUT2D eigenvalue weighted by Crippen LogP contribution is 2.23. The third-order valence-electron chi connectivity index (χ3n) is 4.91. The van der Waals surface area contributed by atoms with Gasteiger partial charge < -0.3 is 10.2 Å². The molecular weight excluding hydrogens is 361 g/mol. The number of amides is 2. The van der Waals surface area contributed by atoms with Gasteiger partial charge >= 0.3 is 0 Å². The van der Waals surface area contributed by atoms with Gasteiger partial charge in [-0.05, 0) is 31.0 Å². The van der Waals surface area contributed by atoms with Crippen LogP contribution in [0.1, 0.15) is 36.0 Å². The van der Waals surface area contributed by atoms with Crippen LogP contribution in [-0.4, -0.2) is 60.4 Å². The summed E-state index contributed by atoms with van der Waals surface area (Å²) in [4.78, 5) is 28.6. The number of carbonyl (C=O) groups excluding carboxylic acids is 2. The van der Waals surface area contributed by atoms with Crippen molar-refractivity contribution in [3.63, 3.8) is 0 Å². The molecule has 1 heterocycles. The molecule has 1 N–H and O–H groups in total. The summed E-state index contributed by atoms with van der Waals surface area (Å²) >= 11 is 12.0. The molecule has 1 saturated heterocycles. The Morgan fingerprint density at radius 3 is 2.40 bits per heavy atom. The van der Waals surface area contributed by atoms with Crippen molar-refractivity contribution in [3.8, 4) is 0 Å². The van der Waals surface area contributed by atoms with Crippen molar-refractivity contribution < 1.29 is 9.59 Å². The Hall–Kier alpha value is -1.30.